The maximum absolute atomic E-state index is 13.5. The van der Waals surface area contributed by atoms with Crippen molar-refractivity contribution in [2.75, 3.05) is 38.7 Å². The van der Waals surface area contributed by atoms with Crippen LogP contribution in [0.2, 0.25) is 0 Å². The zero-order valence-corrected chi connectivity index (χ0v) is 16.2. The number of para-hydroxylation sites is 1. The number of benzene rings is 2. The molecule has 150 valence electrons. The minimum absolute atomic E-state index is 0.401. The molecule has 1 heterocycles. The highest BCUT2D eigenvalue weighted by Gasteiger charge is 2.23. The number of halogens is 2. The third kappa shape index (κ3) is 4.91. The molecule has 0 bridgehead atoms. The molecule has 7 heteroatoms. The van der Waals surface area contributed by atoms with Gasteiger partial charge >= 0.3 is 0 Å². The van der Waals surface area contributed by atoms with E-state index in [1.54, 1.807) is 20.2 Å². The number of anilines is 1. The predicted molar refractivity (Wildman–Crippen MR) is 108 cm³/mol. The first-order chi connectivity index (χ1) is 13.6. The summed E-state index contributed by atoms with van der Waals surface area (Å²) in [6.07, 6.45) is 0.982. The Morgan fingerprint density at radius 3 is 2.75 bits per heavy atom. The second-order valence-electron chi connectivity index (χ2n) is 6.82. The maximum atomic E-state index is 13.5. The molecule has 1 saturated heterocycles. The maximum Gasteiger partial charge on any atom is 0.191 e. The van der Waals surface area contributed by atoms with Crippen LogP contribution in [-0.4, -0.2) is 39.8 Å². The number of nitrogens with zero attached hydrogens (tertiary/aromatic N) is 2. The van der Waals surface area contributed by atoms with Crippen molar-refractivity contribution in [2.45, 2.75) is 13.0 Å². The van der Waals surface area contributed by atoms with Crippen molar-refractivity contribution < 1.29 is 13.5 Å². The Bertz CT molecular complexity index is 828. The van der Waals surface area contributed by atoms with E-state index in [4.69, 9.17) is 4.74 Å². The summed E-state index contributed by atoms with van der Waals surface area (Å²) in [7, 11) is 3.39. The van der Waals surface area contributed by atoms with Crippen molar-refractivity contribution in [1.29, 1.82) is 0 Å². The minimum atomic E-state index is -0.814. The van der Waals surface area contributed by atoms with Crippen molar-refractivity contribution >= 4 is 11.6 Å². The van der Waals surface area contributed by atoms with Gasteiger partial charge in [-0.05, 0) is 30.5 Å². The number of guanidine groups is 1. The van der Waals surface area contributed by atoms with Gasteiger partial charge in [0.15, 0.2) is 17.6 Å². The van der Waals surface area contributed by atoms with Gasteiger partial charge in [-0.2, -0.15) is 0 Å². The lowest BCUT2D eigenvalue weighted by Gasteiger charge is -2.20. The summed E-state index contributed by atoms with van der Waals surface area (Å²) in [6.45, 7) is 2.98. The highest BCUT2D eigenvalue weighted by molar-refractivity contribution is 5.79. The van der Waals surface area contributed by atoms with Crippen LogP contribution in [0.25, 0.3) is 0 Å². The fraction of sp³-hybridized carbons (Fsp3) is 0.381. The number of ether oxygens (including phenoxy) is 1. The van der Waals surface area contributed by atoms with E-state index in [2.05, 4.69) is 20.5 Å². The van der Waals surface area contributed by atoms with Crippen LogP contribution in [0.3, 0.4) is 0 Å². The monoisotopic (exact) mass is 388 g/mol. The number of rotatable bonds is 6. The number of aliphatic imine (C=N–C) groups is 1. The van der Waals surface area contributed by atoms with Gasteiger partial charge in [-0.25, -0.2) is 8.78 Å². The van der Waals surface area contributed by atoms with Gasteiger partial charge < -0.3 is 20.3 Å². The molecular formula is C21H26F2N4O. The fourth-order valence-electron chi connectivity index (χ4n) is 3.41. The molecule has 0 spiro atoms. The van der Waals surface area contributed by atoms with Gasteiger partial charge in [0.2, 0.25) is 0 Å². The van der Waals surface area contributed by atoms with E-state index >= 15 is 0 Å². The summed E-state index contributed by atoms with van der Waals surface area (Å²) < 4.78 is 31.9. The van der Waals surface area contributed by atoms with Crippen LogP contribution >= 0.6 is 0 Å². The predicted octanol–water partition coefficient (Wildman–Crippen LogP) is 3.16. The first-order valence-electron chi connectivity index (χ1n) is 9.37. The van der Waals surface area contributed by atoms with Crippen molar-refractivity contribution in [1.82, 2.24) is 10.6 Å². The molecule has 0 aliphatic carbocycles. The van der Waals surface area contributed by atoms with E-state index in [-0.39, 0.29) is 0 Å². The lowest BCUT2D eigenvalue weighted by molar-refractivity contribution is 0.409. The second kappa shape index (κ2) is 9.39. The molecular weight excluding hydrogens is 362 g/mol. The van der Waals surface area contributed by atoms with Gasteiger partial charge in [-0.1, -0.05) is 18.2 Å². The molecule has 2 aromatic carbocycles. The summed E-state index contributed by atoms with van der Waals surface area (Å²) in [5.41, 5.74) is 1.78. The summed E-state index contributed by atoms with van der Waals surface area (Å²) in [5, 5.41) is 6.64. The van der Waals surface area contributed by atoms with Crippen LogP contribution in [0.4, 0.5) is 14.5 Å². The fourth-order valence-corrected chi connectivity index (χ4v) is 3.41. The van der Waals surface area contributed by atoms with E-state index in [0.29, 0.717) is 12.5 Å². The van der Waals surface area contributed by atoms with Crippen molar-refractivity contribution in [3.05, 3.63) is 59.7 Å². The highest BCUT2D eigenvalue weighted by atomic mass is 19.2. The molecule has 0 saturated carbocycles. The lowest BCUT2D eigenvalue weighted by Crippen LogP contribution is -2.40. The highest BCUT2D eigenvalue weighted by Crippen LogP contribution is 2.25. The third-order valence-electron chi connectivity index (χ3n) is 4.97. The molecule has 0 amide bonds. The third-order valence-corrected chi connectivity index (χ3v) is 4.97. The number of hydrogen-bond acceptors (Lipinski definition) is 3. The first-order valence-corrected chi connectivity index (χ1v) is 9.37. The molecule has 1 unspecified atom stereocenters. The Morgan fingerprint density at radius 2 is 2.00 bits per heavy atom. The number of methoxy groups -OCH3 is 1. The van der Waals surface area contributed by atoms with Gasteiger partial charge in [0.05, 0.1) is 7.11 Å². The Morgan fingerprint density at radius 1 is 1.18 bits per heavy atom. The summed E-state index contributed by atoms with van der Waals surface area (Å²) in [6, 6.07) is 11.9. The lowest BCUT2D eigenvalue weighted by atomic mass is 10.1. The summed E-state index contributed by atoms with van der Waals surface area (Å²) >= 11 is 0. The van der Waals surface area contributed by atoms with Crippen molar-refractivity contribution in [2.24, 2.45) is 10.9 Å². The van der Waals surface area contributed by atoms with Crippen LogP contribution in [0.5, 0.6) is 5.75 Å². The van der Waals surface area contributed by atoms with Gasteiger partial charge in [-0.3, -0.25) is 4.99 Å². The van der Waals surface area contributed by atoms with Gasteiger partial charge in [0.25, 0.3) is 0 Å². The molecule has 1 fully saturated rings. The zero-order valence-electron chi connectivity index (χ0n) is 16.2. The largest absolute Gasteiger partial charge is 0.496 e. The van der Waals surface area contributed by atoms with E-state index in [9.17, 15) is 8.78 Å². The standard InChI is InChI=1S/C21H26F2N4O/c1-24-21(26-13-16-5-3-4-6-20(16)28-2)25-12-15-9-10-27(14-15)17-7-8-18(22)19(23)11-17/h3-8,11,15H,9-10,12-14H2,1-2H3,(H2,24,25,26). The van der Waals surface area contributed by atoms with Crippen LogP contribution < -0.4 is 20.3 Å². The van der Waals surface area contributed by atoms with E-state index in [0.717, 1.165) is 49.0 Å². The molecule has 2 aromatic rings. The molecule has 1 aliphatic heterocycles. The molecule has 0 aromatic heterocycles. The van der Waals surface area contributed by atoms with Crippen molar-refractivity contribution in [3.8, 4) is 5.75 Å². The molecule has 0 radical (unpaired) electrons. The Labute approximate surface area is 164 Å². The van der Waals surface area contributed by atoms with E-state index < -0.39 is 11.6 Å². The molecule has 2 N–H and O–H groups in total. The molecule has 3 rings (SSSR count). The quantitative estimate of drug-likeness (QED) is 0.590. The SMILES string of the molecule is CN=C(NCc1ccccc1OC)NCC1CCN(c2ccc(F)c(F)c2)C1. The Hall–Kier alpha value is -2.83. The van der Waals surface area contributed by atoms with Crippen LogP contribution in [-0.2, 0) is 6.54 Å². The molecule has 1 atom stereocenters. The second-order valence-corrected chi connectivity index (χ2v) is 6.82. The van der Waals surface area contributed by atoms with E-state index in [1.807, 2.05) is 24.3 Å². The van der Waals surface area contributed by atoms with Gasteiger partial charge in [0.1, 0.15) is 5.75 Å². The summed E-state index contributed by atoms with van der Waals surface area (Å²) in [4.78, 5) is 6.35. The normalized spacial score (nSPS) is 16.9. The van der Waals surface area contributed by atoms with E-state index in [1.165, 1.54) is 12.1 Å². The number of nitrogens with one attached hydrogen (secondary N) is 2. The van der Waals surface area contributed by atoms with Gasteiger partial charge in [0, 0.05) is 50.5 Å². The van der Waals surface area contributed by atoms with Crippen LogP contribution in [0.15, 0.2) is 47.5 Å². The summed E-state index contributed by atoms with van der Waals surface area (Å²) in [5.74, 6) is 0.338. The van der Waals surface area contributed by atoms with Crippen LogP contribution in [0, 0.1) is 17.6 Å². The number of hydrogen-bond donors (Lipinski definition) is 2. The Kier molecular flexibility index (Phi) is 6.68. The topological polar surface area (TPSA) is 48.9 Å². The molecule has 1 aliphatic rings. The average Bonchev–Trinajstić information content (AvgIpc) is 3.19. The van der Waals surface area contributed by atoms with Gasteiger partial charge in [-0.15, -0.1) is 0 Å². The Balaban J connectivity index is 1.48. The average molecular weight is 388 g/mol. The molecule has 5 nitrogen and oxygen atoms in total. The zero-order chi connectivity index (χ0) is 19.9. The van der Waals surface area contributed by atoms with Crippen LogP contribution in [0.1, 0.15) is 12.0 Å². The molecule has 28 heavy (non-hydrogen) atoms. The minimum Gasteiger partial charge on any atom is -0.496 e. The van der Waals surface area contributed by atoms with Crippen molar-refractivity contribution in [3.63, 3.8) is 0 Å². The smallest absolute Gasteiger partial charge is 0.191 e. The first kappa shape index (κ1) is 19.9.